The lowest BCUT2D eigenvalue weighted by molar-refractivity contribution is -0.131. The molecule has 0 N–H and O–H groups in total. The molecule has 0 saturated carbocycles. The molecule has 1 aliphatic rings. The van der Waals surface area contributed by atoms with Crippen LogP contribution >= 0.6 is 0 Å². The first-order chi connectivity index (χ1) is 14.2. The second kappa shape index (κ2) is 9.18. The predicted molar refractivity (Wildman–Crippen MR) is 120 cm³/mol. The molecule has 1 saturated heterocycles. The molecule has 0 bridgehead atoms. The van der Waals surface area contributed by atoms with Crippen molar-refractivity contribution in [3.63, 3.8) is 0 Å². The number of nitrogens with zero attached hydrogens (tertiary/aromatic N) is 3. The highest BCUT2D eigenvalue weighted by Gasteiger charge is 2.31. The SMILES string of the molecule is CCN1CCN(C(=O)CN(c2cc(C)ccc2C)S(=O)(=O)c2ccc(C)cc2)CC1. The molecular formula is C23H31N3O3S. The van der Waals surface area contributed by atoms with Gasteiger partial charge in [0, 0.05) is 26.2 Å². The molecule has 1 aliphatic heterocycles. The first kappa shape index (κ1) is 22.3. The van der Waals surface area contributed by atoms with Crippen LogP contribution in [0.4, 0.5) is 5.69 Å². The van der Waals surface area contributed by atoms with E-state index in [0.29, 0.717) is 18.8 Å². The Labute approximate surface area is 180 Å². The van der Waals surface area contributed by atoms with Gasteiger partial charge in [0.2, 0.25) is 5.91 Å². The van der Waals surface area contributed by atoms with Gasteiger partial charge in [-0.3, -0.25) is 9.10 Å². The Balaban J connectivity index is 1.95. The smallest absolute Gasteiger partial charge is 0.264 e. The Morgan fingerprint density at radius 3 is 2.13 bits per heavy atom. The van der Waals surface area contributed by atoms with Crippen LogP contribution in [-0.2, 0) is 14.8 Å². The molecule has 0 spiro atoms. The maximum atomic E-state index is 13.6. The number of hydrogen-bond acceptors (Lipinski definition) is 4. The van der Waals surface area contributed by atoms with Gasteiger partial charge in [0.1, 0.15) is 6.54 Å². The van der Waals surface area contributed by atoms with Gasteiger partial charge in [-0.2, -0.15) is 0 Å². The van der Waals surface area contributed by atoms with Gasteiger partial charge in [0.25, 0.3) is 10.0 Å². The first-order valence-electron chi connectivity index (χ1n) is 10.4. The highest BCUT2D eigenvalue weighted by Crippen LogP contribution is 2.28. The van der Waals surface area contributed by atoms with Crippen molar-refractivity contribution < 1.29 is 13.2 Å². The lowest BCUT2D eigenvalue weighted by atomic mass is 10.1. The number of benzene rings is 2. The Morgan fingerprint density at radius 2 is 1.53 bits per heavy atom. The van der Waals surface area contributed by atoms with E-state index in [1.165, 1.54) is 4.31 Å². The molecule has 0 aromatic heterocycles. The fourth-order valence-corrected chi connectivity index (χ4v) is 5.13. The molecule has 2 aromatic carbocycles. The monoisotopic (exact) mass is 429 g/mol. The van der Waals surface area contributed by atoms with E-state index in [0.717, 1.165) is 36.3 Å². The molecule has 0 atom stereocenters. The van der Waals surface area contributed by atoms with Crippen LogP contribution in [0.5, 0.6) is 0 Å². The molecule has 30 heavy (non-hydrogen) atoms. The van der Waals surface area contributed by atoms with Crippen LogP contribution in [-0.4, -0.2) is 63.4 Å². The van der Waals surface area contributed by atoms with Gasteiger partial charge in [-0.15, -0.1) is 0 Å². The van der Waals surface area contributed by atoms with Gasteiger partial charge < -0.3 is 9.80 Å². The molecule has 1 heterocycles. The minimum absolute atomic E-state index is 0.164. The summed E-state index contributed by atoms with van der Waals surface area (Å²) < 4.78 is 28.4. The summed E-state index contributed by atoms with van der Waals surface area (Å²) in [6.45, 7) is 11.4. The number of hydrogen-bond donors (Lipinski definition) is 0. The molecule has 1 fully saturated rings. The molecule has 0 radical (unpaired) electrons. The third-order valence-electron chi connectivity index (χ3n) is 5.69. The number of carbonyl (C=O) groups excluding carboxylic acids is 1. The normalized spacial score (nSPS) is 15.3. The van der Waals surface area contributed by atoms with E-state index in [1.807, 2.05) is 39.0 Å². The lowest BCUT2D eigenvalue weighted by Crippen LogP contribution is -2.51. The van der Waals surface area contributed by atoms with Crippen LogP contribution in [0.25, 0.3) is 0 Å². The minimum Gasteiger partial charge on any atom is -0.339 e. The van der Waals surface area contributed by atoms with E-state index in [9.17, 15) is 13.2 Å². The summed E-state index contributed by atoms with van der Waals surface area (Å²) in [5.74, 6) is -0.164. The fourth-order valence-electron chi connectivity index (χ4n) is 3.66. The number of anilines is 1. The Bertz CT molecular complexity index is 995. The first-order valence-corrected chi connectivity index (χ1v) is 11.8. The summed E-state index contributed by atoms with van der Waals surface area (Å²) in [5.41, 5.74) is 3.30. The fraction of sp³-hybridized carbons (Fsp3) is 0.435. The maximum absolute atomic E-state index is 13.6. The summed E-state index contributed by atoms with van der Waals surface area (Å²) in [6.07, 6.45) is 0. The third kappa shape index (κ3) is 4.84. The van der Waals surface area contributed by atoms with Crippen LogP contribution in [0, 0.1) is 20.8 Å². The van der Waals surface area contributed by atoms with Crippen molar-refractivity contribution in [3.05, 3.63) is 59.2 Å². The minimum atomic E-state index is -3.88. The third-order valence-corrected chi connectivity index (χ3v) is 7.47. The van der Waals surface area contributed by atoms with Gasteiger partial charge in [-0.1, -0.05) is 36.8 Å². The molecule has 162 valence electrons. The van der Waals surface area contributed by atoms with Crippen molar-refractivity contribution in [2.75, 3.05) is 43.6 Å². The number of piperazine rings is 1. The number of sulfonamides is 1. The number of amides is 1. The number of rotatable bonds is 6. The Kier molecular flexibility index (Phi) is 6.83. The van der Waals surface area contributed by atoms with Gasteiger partial charge in [-0.25, -0.2) is 8.42 Å². The summed E-state index contributed by atoms with van der Waals surface area (Å²) in [7, 11) is -3.88. The van der Waals surface area contributed by atoms with E-state index >= 15 is 0 Å². The van der Waals surface area contributed by atoms with E-state index in [1.54, 1.807) is 29.2 Å². The average molecular weight is 430 g/mol. The van der Waals surface area contributed by atoms with Crippen LogP contribution in [0.2, 0.25) is 0 Å². The number of likely N-dealkylation sites (N-methyl/N-ethyl adjacent to an activating group) is 1. The molecule has 3 rings (SSSR count). The topological polar surface area (TPSA) is 60.9 Å². The predicted octanol–water partition coefficient (Wildman–Crippen LogP) is 2.97. The van der Waals surface area contributed by atoms with Crippen LogP contribution in [0.15, 0.2) is 47.4 Å². The summed E-state index contributed by atoms with van der Waals surface area (Å²) in [4.78, 5) is 17.4. The van der Waals surface area contributed by atoms with Crippen molar-refractivity contribution in [1.82, 2.24) is 9.80 Å². The lowest BCUT2D eigenvalue weighted by Gasteiger charge is -2.35. The zero-order chi connectivity index (χ0) is 21.9. The molecule has 6 nitrogen and oxygen atoms in total. The zero-order valence-corrected chi connectivity index (χ0v) is 19.1. The van der Waals surface area contributed by atoms with Crippen molar-refractivity contribution in [1.29, 1.82) is 0 Å². The van der Waals surface area contributed by atoms with Crippen LogP contribution in [0.3, 0.4) is 0 Å². The van der Waals surface area contributed by atoms with E-state index in [2.05, 4.69) is 11.8 Å². The van der Waals surface area contributed by atoms with Crippen molar-refractivity contribution in [3.8, 4) is 0 Å². The van der Waals surface area contributed by atoms with Crippen LogP contribution in [0.1, 0.15) is 23.6 Å². The standard InChI is InChI=1S/C23H31N3O3S/c1-5-24-12-14-25(15-13-24)23(27)17-26(22-16-19(3)6-9-20(22)4)30(28,29)21-10-7-18(2)8-11-21/h6-11,16H,5,12-15,17H2,1-4H3. The van der Waals surface area contributed by atoms with Crippen molar-refractivity contribution in [2.24, 2.45) is 0 Å². The van der Waals surface area contributed by atoms with E-state index in [4.69, 9.17) is 0 Å². The maximum Gasteiger partial charge on any atom is 0.264 e. The van der Waals surface area contributed by atoms with Crippen molar-refractivity contribution >= 4 is 21.6 Å². The highest BCUT2D eigenvalue weighted by molar-refractivity contribution is 7.92. The summed E-state index contributed by atoms with van der Waals surface area (Å²) in [5, 5.41) is 0. The van der Waals surface area contributed by atoms with Gasteiger partial charge >= 0.3 is 0 Å². The molecule has 2 aromatic rings. The number of carbonyl (C=O) groups is 1. The average Bonchev–Trinajstić information content (AvgIpc) is 2.74. The van der Waals surface area contributed by atoms with E-state index < -0.39 is 10.0 Å². The van der Waals surface area contributed by atoms with Gasteiger partial charge in [0.05, 0.1) is 10.6 Å². The largest absolute Gasteiger partial charge is 0.339 e. The highest BCUT2D eigenvalue weighted by atomic mass is 32.2. The summed E-state index contributed by atoms with van der Waals surface area (Å²) in [6, 6.07) is 12.4. The Hall–Kier alpha value is -2.38. The zero-order valence-electron chi connectivity index (χ0n) is 18.3. The second-order valence-corrected chi connectivity index (χ2v) is 9.79. The molecule has 1 amide bonds. The van der Waals surface area contributed by atoms with Gasteiger partial charge in [0.15, 0.2) is 0 Å². The molecule has 0 aliphatic carbocycles. The number of aryl methyl sites for hydroxylation is 3. The second-order valence-electron chi connectivity index (χ2n) is 7.93. The molecule has 7 heteroatoms. The molecular weight excluding hydrogens is 398 g/mol. The quantitative estimate of drug-likeness (QED) is 0.708. The molecule has 0 unspecified atom stereocenters. The van der Waals surface area contributed by atoms with E-state index in [-0.39, 0.29) is 17.3 Å². The van der Waals surface area contributed by atoms with Gasteiger partial charge in [-0.05, 0) is 56.6 Å². The van der Waals surface area contributed by atoms with Crippen LogP contribution < -0.4 is 4.31 Å². The summed E-state index contributed by atoms with van der Waals surface area (Å²) >= 11 is 0. The van der Waals surface area contributed by atoms with Crippen molar-refractivity contribution in [2.45, 2.75) is 32.6 Å². The Morgan fingerprint density at radius 1 is 0.933 bits per heavy atom.